The third kappa shape index (κ3) is 2.84. The molecule has 1 rings (SSSR count). The first-order valence-electron chi connectivity index (χ1n) is 4.69. The van der Waals surface area contributed by atoms with E-state index in [4.69, 9.17) is 4.74 Å². The standard InChI is InChI=1S/C11H14INO2/c1-8(2)13(11(14)15-3)10-7-5-4-6-9(10)12/h4-8H,1-3H3. The number of amides is 1. The number of hydrogen-bond donors (Lipinski definition) is 0. The number of benzene rings is 1. The minimum Gasteiger partial charge on any atom is -0.452 e. The van der Waals surface area contributed by atoms with Gasteiger partial charge in [-0.3, -0.25) is 4.90 Å². The Morgan fingerprint density at radius 2 is 2.00 bits per heavy atom. The first-order valence-corrected chi connectivity index (χ1v) is 5.77. The molecule has 15 heavy (non-hydrogen) atoms. The van der Waals surface area contributed by atoms with Gasteiger partial charge in [0.1, 0.15) is 0 Å². The van der Waals surface area contributed by atoms with Crippen molar-refractivity contribution in [1.82, 2.24) is 0 Å². The van der Waals surface area contributed by atoms with Gasteiger partial charge < -0.3 is 4.74 Å². The molecule has 0 aliphatic carbocycles. The molecule has 0 radical (unpaired) electrons. The van der Waals surface area contributed by atoms with Gasteiger partial charge in [0.05, 0.1) is 12.8 Å². The quantitative estimate of drug-likeness (QED) is 0.783. The summed E-state index contributed by atoms with van der Waals surface area (Å²) in [5, 5.41) is 0. The number of carbonyl (C=O) groups excluding carboxylic acids is 1. The van der Waals surface area contributed by atoms with E-state index >= 15 is 0 Å². The van der Waals surface area contributed by atoms with Crippen molar-refractivity contribution in [2.45, 2.75) is 19.9 Å². The molecule has 1 amide bonds. The molecule has 0 heterocycles. The SMILES string of the molecule is COC(=O)N(c1ccccc1I)C(C)C. The minimum absolute atomic E-state index is 0.0772. The molecule has 0 saturated carbocycles. The minimum atomic E-state index is -0.325. The van der Waals surface area contributed by atoms with Gasteiger partial charge in [-0.25, -0.2) is 4.79 Å². The van der Waals surface area contributed by atoms with Crippen molar-refractivity contribution in [3.05, 3.63) is 27.8 Å². The highest BCUT2D eigenvalue weighted by Crippen LogP contribution is 2.24. The maximum Gasteiger partial charge on any atom is 0.414 e. The lowest BCUT2D eigenvalue weighted by atomic mass is 10.2. The monoisotopic (exact) mass is 319 g/mol. The van der Waals surface area contributed by atoms with Crippen molar-refractivity contribution in [3.63, 3.8) is 0 Å². The molecule has 0 aliphatic heterocycles. The van der Waals surface area contributed by atoms with E-state index in [9.17, 15) is 4.79 Å². The Balaban J connectivity index is 3.10. The van der Waals surface area contributed by atoms with Crippen LogP contribution in [0.5, 0.6) is 0 Å². The van der Waals surface area contributed by atoms with Crippen LogP contribution in [0.4, 0.5) is 10.5 Å². The molecule has 1 aromatic rings. The van der Waals surface area contributed by atoms with Crippen molar-refractivity contribution in [1.29, 1.82) is 0 Å². The number of para-hydroxylation sites is 1. The molecule has 0 saturated heterocycles. The van der Waals surface area contributed by atoms with Crippen LogP contribution in [0, 0.1) is 3.57 Å². The summed E-state index contributed by atoms with van der Waals surface area (Å²) < 4.78 is 5.80. The number of rotatable bonds is 2. The van der Waals surface area contributed by atoms with E-state index in [0.29, 0.717) is 0 Å². The average Bonchev–Trinajstić information content (AvgIpc) is 2.20. The fourth-order valence-corrected chi connectivity index (χ4v) is 1.98. The summed E-state index contributed by atoms with van der Waals surface area (Å²) in [5.41, 5.74) is 0.889. The Morgan fingerprint density at radius 3 is 2.47 bits per heavy atom. The lowest BCUT2D eigenvalue weighted by molar-refractivity contribution is 0.177. The molecular formula is C11H14INO2. The van der Waals surface area contributed by atoms with Crippen LogP contribution in [0.3, 0.4) is 0 Å². The first-order chi connectivity index (χ1) is 7.07. The number of nitrogens with zero attached hydrogens (tertiary/aromatic N) is 1. The van der Waals surface area contributed by atoms with E-state index < -0.39 is 0 Å². The molecular weight excluding hydrogens is 305 g/mol. The second-order valence-corrected chi connectivity index (χ2v) is 4.55. The van der Waals surface area contributed by atoms with Crippen LogP contribution >= 0.6 is 22.6 Å². The molecule has 0 fully saturated rings. The summed E-state index contributed by atoms with van der Waals surface area (Å²) in [6.45, 7) is 3.92. The Morgan fingerprint density at radius 1 is 1.40 bits per heavy atom. The molecule has 0 aromatic heterocycles. The highest BCUT2D eigenvalue weighted by molar-refractivity contribution is 14.1. The van der Waals surface area contributed by atoms with Crippen LogP contribution in [-0.4, -0.2) is 19.2 Å². The van der Waals surface area contributed by atoms with Gasteiger partial charge in [-0.05, 0) is 48.6 Å². The lowest BCUT2D eigenvalue weighted by Gasteiger charge is -2.26. The summed E-state index contributed by atoms with van der Waals surface area (Å²) in [4.78, 5) is 13.2. The average molecular weight is 319 g/mol. The molecule has 0 aliphatic rings. The summed E-state index contributed by atoms with van der Waals surface area (Å²) in [7, 11) is 1.40. The molecule has 3 nitrogen and oxygen atoms in total. The van der Waals surface area contributed by atoms with Crippen molar-refractivity contribution in [3.8, 4) is 0 Å². The fourth-order valence-electron chi connectivity index (χ4n) is 1.33. The topological polar surface area (TPSA) is 29.5 Å². The molecule has 0 unspecified atom stereocenters. The van der Waals surface area contributed by atoms with Crippen molar-refractivity contribution in [2.24, 2.45) is 0 Å². The van der Waals surface area contributed by atoms with Crippen LogP contribution in [0.15, 0.2) is 24.3 Å². The van der Waals surface area contributed by atoms with E-state index in [1.807, 2.05) is 38.1 Å². The largest absolute Gasteiger partial charge is 0.452 e. The second kappa shape index (κ2) is 5.34. The lowest BCUT2D eigenvalue weighted by Crippen LogP contribution is -2.37. The van der Waals surface area contributed by atoms with Gasteiger partial charge in [0.25, 0.3) is 0 Å². The maximum atomic E-state index is 11.6. The van der Waals surface area contributed by atoms with Crippen molar-refractivity contribution in [2.75, 3.05) is 12.0 Å². The Labute approximate surface area is 104 Å². The number of halogens is 1. The van der Waals surface area contributed by atoms with Gasteiger partial charge in [0, 0.05) is 9.61 Å². The number of methoxy groups -OCH3 is 1. The zero-order valence-electron chi connectivity index (χ0n) is 9.03. The summed E-state index contributed by atoms with van der Waals surface area (Å²) in [5.74, 6) is 0. The Bertz CT molecular complexity index is 352. The van der Waals surface area contributed by atoms with E-state index in [1.165, 1.54) is 7.11 Å². The molecule has 82 valence electrons. The normalized spacial score (nSPS) is 10.2. The molecule has 0 N–H and O–H groups in total. The van der Waals surface area contributed by atoms with Crippen LogP contribution in [-0.2, 0) is 4.74 Å². The van der Waals surface area contributed by atoms with Crippen LogP contribution in [0.1, 0.15) is 13.8 Å². The van der Waals surface area contributed by atoms with E-state index in [0.717, 1.165) is 9.26 Å². The molecule has 1 aromatic carbocycles. The fraction of sp³-hybridized carbons (Fsp3) is 0.364. The van der Waals surface area contributed by atoms with Crippen molar-refractivity contribution >= 4 is 34.4 Å². The van der Waals surface area contributed by atoms with E-state index in [-0.39, 0.29) is 12.1 Å². The maximum absolute atomic E-state index is 11.6. The van der Waals surface area contributed by atoms with Crippen LogP contribution in [0.2, 0.25) is 0 Å². The van der Waals surface area contributed by atoms with Gasteiger partial charge in [-0.2, -0.15) is 0 Å². The summed E-state index contributed by atoms with van der Waals surface area (Å²) >= 11 is 2.21. The molecule has 0 atom stereocenters. The van der Waals surface area contributed by atoms with Gasteiger partial charge in [-0.1, -0.05) is 12.1 Å². The zero-order valence-corrected chi connectivity index (χ0v) is 11.2. The highest BCUT2D eigenvalue weighted by atomic mass is 127. The third-order valence-corrected chi connectivity index (χ3v) is 2.91. The van der Waals surface area contributed by atoms with E-state index in [2.05, 4.69) is 22.6 Å². The van der Waals surface area contributed by atoms with Crippen LogP contribution < -0.4 is 4.90 Å². The van der Waals surface area contributed by atoms with E-state index in [1.54, 1.807) is 4.90 Å². The van der Waals surface area contributed by atoms with Gasteiger partial charge in [0.15, 0.2) is 0 Å². The highest BCUT2D eigenvalue weighted by Gasteiger charge is 2.20. The van der Waals surface area contributed by atoms with Gasteiger partial charge in [-0.15, -0.1) is 0 Å². The zero-order chi connectivity index (χ0) is 11.4. The number of anilines is 1. The summed E-state index contributed by atoms with van der Waals surface area (Å²) in [6.07, 6.45) is -0.325. The van der Waals surface area contributed by atoms with Crippen molar-refractivity contribution < 1.29 is 9.53 Å². The van der Waals surface area contributed by atoms with Crippen LogP contribution in [0.25, 0.3) is 0 Å². The second-order valence-electron chi connectivity index (χ2n) is 3.39. The summed E-state index contributed by atoms with van der Waals surface area (Å²) in [6, 6.07) is 7.82. The molecule has 4 heteroatoms. The predicted molar refractivity (Wildman–Crippen MR) is 69.2 cm³/mol. The smallest absolute Gasteiger partial charge is 0.414 e. The number of carbonyl (C=O) groups is 1. The Hall–Kier alpha value is -0.780. The number of hydrogen-bond acceptors (Lipinski definition) is 2. The first kappa shape index (κ1) is 12.3. The molecule has 0 spiro atoms. The van der Waals surface area contributed by atoms with Gasteiger partial charge >= 0.3 is 6.09 Å². The predicted octanol–water partition coefficient (Wildman–Crippen LogP) is 3.27. The van der Waals surface area contributed by atoms with Gasteiger partial charge in [0.2, 0.25) is 0 Å². The Kier molecular flexibility index (Phi) is 4.38. The number of ether oxygens (including phenoxy) is 1. The molecule has 0 bridgehead atoms. The third-order valence-electron chi connectivity index (χ3n) is 2.00.